The van der Waals surface area contributed by atoms with Crippen molar-refractivity contribution in [1.82, 2.24) is 14.8 Å². The van der Waals surface area contributed by atoms with Crippen molar-refractivity contribution in [2.45, 2.75) is 6.16 Å². The Morgan fingerprint density at radius 1 is 0.590 bits per heavy atom. The van der Waals surface area contributed by atoms with Gasteiger partial charge in [0.1, 0.15) is 0 Å². The van der Waals surface area contributed by atoms with Crippen LogP contribution in [0.1, 0.15) is 5.56 Å². The van der Waals surface area contributed by atoms with Crippen molar-refractivity contribution in [3.63, 3.8) is 0 Å². The van der Waals surface area contributed by atoms with Crippen LogP contribution in [0, 0.1) is 0 Å². The van der Waals surface area contributed by atoms with Gasteiger partial charge in [-0.2, -0.15) is 0 Å². The zero-order valence-corrected chi connectivity index (χ0v) is 24.5. The van der Waals surface area contributed by atoms with Crippen LogP contribution < -0.4 is 15.9 Å². The summed E-state index contributed by atoms with van der Waals surface area (Å²) in [5, 5.41) is 9.08. The van der Waals surface area contributed by atoms with Crippen LogP contribution in [0.5, 0.6) is 0 Å². The number of aryl methyl sites for hydroxylation is 1. The number of halogens is 1. The fourth-order valence-electron chi connectivity index (χ4n) is 5.51. The predicted molar refractivity (Wildman–Crippen MR) is 172 cm³/mol. The van der Waals surface area contributed by atoms with E-state index in [2.05, 4.69) is 126 Å². The molecule has 0 unspecified atom stereocenters. The van der Waals surface area contributed by atoms with E-state index in [1.54, 1.807) is 0 Å². The van der Waals surface area contributed by atoms with Gasteiger partial charge in [-0.15, -0.1) is 17.0 Å². The summed E-state index contributed by atoms with van der Waals surface area (Å²) in [6, 6.07) is 46.4. The van der Waals surface area contributed by atoms with Crippen LogP contribution in [-0.4, -0.2) is 14.8 Å². The van der Waals surface area contributed by atoms with Gasteiger partial charge in [-0.05, 0) is 0 Å². The molecule has 0 atom stereocenters. The Morgan fingerprint density at radius 2 is 1.08 bits per heavy atom. The van der Waals surface area contributed by atoms with Gasteiger partial charge in [0.25, 0.3) is 0 Å². The molecule has 0 saturated carbocycles. The van der Waals surface area contributed by atoms with Crippen LogP contribution in [0.2, 0.25) is 0 Å². The van der Waals surface area contributed by atoms with Crippen LogP contribution in [0.3, 0.4) is 0 Å². The van der Waals surface area contributed by atoms with Crippen molar-refractivity contribution in [2.24, 2.45) is 7.05 Å². The Labute approximate surface area is 241 Å². The molecule has 0 radical (unpaired) electrons. The molecule has 0 fully saturated rings. The zero-order chi connectivity index (χ0) is 25.8. The second kappa shape index (κ2) is 11.9. The van der Waals surface area contributed by atoms with Gasteiger partial charge in [-0.25, -0.2) is 0 Å². The Balaban J connectivity index is 0.00000308. The number of pyridine rings is 1. The molecule has 5 heteroatoms. The molecule has 0 aliphatic carbocycles. The minimum absolute atomic E-state index is 0. The Hall–Kier alpha value is -3.85. The second-order valence-corrected chi connectivity index (χ2v) is 13.6. The van der Waals surface area contributed by atoms with Gasteiger partial charge in [0.2, 0.25) is 0 Å². The number of aromatic nitrogens is 3. The zero-order valence-electron chi connectivity index (χ0n) is 21.8. The van der Waals surface area contributed by atoms with Crippen LogP contribution in [-0.2, 0) is 13.2 Å². The van der Waals surface area contributed by atoms with Gasteiger partial charge in [0, 0.05) is 0 Å². The first-order valence-corrected chi connectivity index (χ1v) is 15.1. The summed E-state index contributed by atoms with van der Waals surface area (Å²) in [4.78, 5) is 4.18. The summed E-state index contributed by atoms with van der Waals surface area (Å²) in [6.45, 7) is 0. The molecule has 39 heavy (non-hydrogen) atoms. The van der Waals surface area contributed by atoms with E-state index in [4.69, 9.17) is 5.10 Å². The van der Waals surface area contributed by atoms with Crippen molar-refractivity contribution in [3.8, 4) is 22.4 Å². The van der Waals surface area contributed by atoms with Crippen molar-refractivity contribution >= 4 is 40.2 Å². The van der Waals surface area contributed by atoms with E-state index < -0.39 is 7.26 Å². The topological polar surface area (TPSA) is 30.7 Å². The summed E-state index contributed by atoms with van der Waals surface area (Å²) in [5.74, 6) is 0. The van der Waals surface area contributed by atoms with E-state index in [-0.39, 0.29) is 17.0 Å². The molecule has 0 N–H and O–H groups in total. The Bertz CT molecular complexity index is 1520. The molecule has 0 spiro atoms. The number of nitrogens with zero attached hydrogens (tertiary/aromatic N) is 3. The first kappa shape index (κ1) is 26.7. The fourth-order valence-corrected chi connectivity index (χ4v) is 10.3. The van der Waals surface area contributed by atoms with E-state index in [1.807, 2.05) is 36.3 Å². The maximum atomic E-state index is 4.81. The van der Waals surface area contributed by atoms with Crippen molar-refractivity contribution in [3.05, 3.63) is 152 Å². The number of benzene rings is 4. The molecule has 4 aromatic carbocycles. The summed E-state index contributed by atoms with van der Waals surface area (Å²) < 4.78 is 1.89. The quantitative estimate of drug-likeness (QED) is 0.188. The number of hydrogen-bond donors (Lipinski definition) is 0. The SMILES string of the molecule is Br.Cn1cc(-c2ccncc2)c(-c2ccc(C[PH](c3ccccc3)(c3ccccc3)c3ccccc3)cc2)n1. The molecule has 3 nitrogen and oxygen atoms in total. The first-order chi connectivity index (χ1) is 18.7. The van der Waals surface area contributed by atoms with E-state index in [0.29, 0.717) is 0 Å². The third-order valence-electron chi connectivity index (χ3n) is 7.32. The standard InChI is InChI=1S/C34H30N3P.BrH/c1-37-25-33(28-21-23-35-24-22-28)34(36-37)29-19-17-27(18-20-29)26-38(30-11-5-2-6-12-30,31-13-7-3-8-14-31)32-15-9-4-10-16-32;/h2-25,38H,26H2,1H3;1H. The summed E-state index contributed by atoms with van der Waals surface area (Å²) in [5.41, 5.74) is 5.67. The second-order valence-electron chi connectivity index (χ2n) is 9.68. The predicted octanol–water partition coefficient (Wildman–Crippen LogP) is 6.95. The average Bonchev–Trinajstić information content (AvgIpc) is 3.39. The maximum absolute atomic E-state index is 4.81. The van der Waals surface area contributed by atoms with Gasteiger partial charge in [-0.1, -0.05) is 0 Å². The Morgan fingerprint density at radius 3 is 1.56 bits per heavy atom. The number of rotatable bonds is 7. The summed E-state index contributed by atoms with van der Waals surface area (Å²) in [6.07, 6.45) is 6.72. The van der Waals surface area contributed by atoms with E-state index in [9.17, 15) is 0 Å². The van der Waals surface area contributed by atoms with Crippen molar-refractivity contribution < 1.29 is 0 Å². The molecule has 0 amide bonds. The molecule has 2 heterocycles. The third kappa shape index (κ3) is 5.36. The van der Waals surface area contributed by atoms with Gasteiger partial charge >= 0.3 is 225 Å². The molecule has 6 aromatic rings. The van der Waals surface area contributed by atoms with Crippen LogP contribution in [0.4, 0.5) is 0 Å². The molecule has 0 bridgehead atoms. The molecule has 2 aromatic heterocycles. The molecular weight excluding hydrogens is 561 g/mol. The molecule has 6 rings (SSSR count). The van der Waals surface area contributed by atoms with Gasteiger partial charge < -0.3 is 0 Å². The Kier molecular flexibility index (Phi) is 8.16. The van der Waals surface area contributed by atoms with E-state index >= 15 is 0 Å². The van der Waals surface area contributed by atoms with Crippen molar-refractivity contribution in [1.29, 1.82) is 0 Å². The third-order valence-corrected chi connectivity index (χ3v) is 12.2. The van der Waals surface area contributed by atoms with Gasteiger partial charge in [-0.3, -0.25) is 0 Å². The monoisotopic (exact) mass is 591 g/mol. The number of hydrogen-bond acceptors (Lipinski definition) is 2. The van der Waals surface area contributed by atoms with E-state index in [0.717, 1.165) is 28.5 Å². The van der Waals surface area contributed by atoms with Crippen molar-refractivity contribution in [2.75, 3.05) is 0 Å². The molecular formula is C34H31BrN3P. The van der Waals surface area contributed by atoms with Gasteiger partial charge in [0.05, 0.1) is 0 Å². The van der Waals surface area contributed by atoms with Crippen LogP contribution in [0.25, 0.3) is 22.4 Å². The molecule has 0 aliphatic rings. The van der Waals surface area contributed by atoms with E-state index in [1.165, 1.54) is 21.5 Å². The van der Waals surface area contributed by atoms with Gasteiger partial charge in [0.15, 0.2) is 0 Å². The minimum atomic E-state index is -2.35. The molecule has 0 saturated heterocycles. The first-order valence-electron chi connectivity index (χ1n) is 12.9. The van der Waals surface area contributed by atoms with Crippen LogP contribution >= 0.6 is 24.2 Å². The normalized spacial score (nSPS) is 11.5. The molecule has 194 valence electrons. The molecule has 0 aliphatic heterocycles. The van der Waals surface area contributed by atoms with Crippen LogP contribution in [0.15, 0.2) is 146 Å². The average molecular weight is 593 g/mol. The fraction of sp³-hybridized carbons (Fsp3) is 0.0588. The summed E-state index contributed by atoms with van der Waals surface area (Å²) in [7, 11) is -0.373. The summed E-state index contributed by atoms with van der Waals surface area (Å²) >= 11 is 0.